The number of aryl methyl sites for hydroxylation is 1. The molecular formula is C18H17N7O3. The highest BCUT2D eigenvalue weighted by Gasteiger charge is 2.39. The van der Waals surface area contributed by atoms with Gasteiger partial charge in [-0.05, 0) is 31.4 Å². The van der Waals surface area contributed by atoms with Gasteiger partial charge in [0.25, 0.3) is 0 Å². The molecule has 142 valence electrons. The molecule has 4 heterocycles. The van der Waals surface area contributed by atoms with Crippen molar-refractivity contribution in [2.24, 2.45) is 5.92 Å². The average Bonchev–Trinajstić information content (AvgIpc) is 3.40. The summed E-state index contributed by atoms with van der Waals surface area (Å²) in [5, 5.41) is 24.7. The van der Waals surface area contributed by atoms with Gasteiger partial charge in [-0.2, -0.15) is 5.21 Å². The number of anilines is 1. The normalized spacial score (nSPS) is 19.7. The van der Waals surface area contributed by atoms with Crippen molar-refractivity contribution in [3.05, 3.63) is 35.9 Å². The van der Waals surface area contributed by atoms with Crippen LogP contribution in [0.25, 0.3) is 22.1 Å². The van der Waals surface area contributed by atoms with Crippen LogP contribution in [0.1, 0.15) is 18.1 Å². The van der Waals surface area contributed by atoms with E-state index in [-0.39, 0.29) is 5.92 Å². The maximum atomic E-state index is 12.0. The number of nitrogens with zero attached hydrogens (tertiary/aromatic N) is 6. The standard InChI is InChI=1S/C18H17N7O3/c1-9-19-15-11-4-2-3-5-13(11)28-16(15)17(20-9)25-8-10(6-12(25)18(26)27)7-14-21-23-24-22-14/h2-5,10,12H,6-8H2,1H3,(H,26,27)(H,21,22,23,24). The van der Waals surface area contributed by atoms with Crippen LogP contribution in [0.2, 0.25) is 0 Å². The summed E-state index contributed by atoms with van der Waals surface area (Å²) in [6, 6.07) is 6.91. The highest BCUT2D eigenvalue weighted by Crippen LogP contribution is 2.37. The van der Waals surface area contributed by atoms with Crippen LogP contribution < -0.4 is 4.90 Å². The molecule has 1 saturated heterocycles. The number of fused-ring (bicyclic) bond motifs is 3. The predicted octanol–water partition coefficient (Wildman–Crippen LogP) is 1.72. The molecule has 4 aromatic rings. The number of aliphatic carboxylic acids is 1. The molecule has 28 heavy (non-hydrogen) atoms. The van der Waals surface area contributed by atoms with Crippen LogP contribution in [0.15, 0.2) is 28.7 Å². The third kappa shape index (κ3) is 2.65. The minimum atomic E-state index is -0.892. The Kier molecular flexibility index (Phi) is 3.71. The maximum absolute atomic E-state index is 12.0. The number of nitrogens with one attached hydrogen (secondary N) is 1. The number of aromatic nitrogens is 6. The lowest BCUT2D eigenvalue weighted by atomic mass is 10.0. The van der Waals surface area contributed by atoms with Gasteiger partial charge >= 0.3 is 5.97 Å². The first-order chi connectivity index (χ1) is 13.6. The smallest absolute Gasteiger partial charge is 0.326 e. The summed E-state index contributed by atoms with van der Waals surface area (Å²) in [4.78, 5) is 22.8. The van der Waals surface area contributed by atoms with E-state index < -0.39 is 12.0 Å². The summed E-state index contributed by atoms with van der Waals surface area (Å²) in [5.41, 5.74) is 1.91. The molecule has 0 amide bonds. The zero-order valence-electron chi connectivity index (χ0n) is 15.0. The molecule has 2 atom stereocenters. The van der Waals surface area contributed by atoms with E-state index >= 15 is 0 Å². The second-order valence-corrected chi connectivity index (χ2v) is 7.01. The van der Waals surface area contributed by atoms with Crippen LogP contribution in [-0.4, -0.2) is 54.3 Å². The Morgan fingerprint density at radius 1 is 1.36 bits per heavy atom. The Hall–Kier alpha value is -3.56. The van der Waals surface area contributed by atoms with Crippen molar-refractivity contribution in [2.45, 2.75) is 25.8 Å². The Labute approximate surface area is 158 Å². The van der Waals surface area contributed by atoms with Gasteiger partial charge in [0.1, 0.15) is 23.0 Å². The van der Waals surface area contributed by atoms with Gasteiger partial charge in [0.15, 0.2) is 17.2 Å². The number of hydrogen-bond acceptors (Lipinski definition) is 8. The van der Waals surface area contributed by atoms with E-state index in [1.165, 1.54) is 0 Å². The topological polar surface area (TPSA) is 134 Å². The molecule has 5 rings (SSSR count). The van der Waals surface area contributed by atoms with Crippen molar-refractivity contribution in [1.82, 2.24) is 30.6 Å². The largest absolute Gasteiger partial charge is 0.480 e. The van der Waals surface area contributed by atoms with Crippen LogP contribution in [0, 0.1) is 12.8 Å². The first-order valence-corrected chi connectivity index (χ1v) is 8.98. The zero-order valence-corrected chi connectivity index (χ0v) is 15.0. The number of aromatic amines is 1. The van der Waals surface area contributed by atoms with Crippen LogP contribution >= 0.6 is 0 Å². The minimum Gasteiger partial charge on any atom is -0.480 e. The molecule has 2 unspecified atom stereocenters. The van der Waals surface area contributed by atoms with Crippen molar-refractivity contribution in [2.75, 3.05) is 11.4 Å². The Morgan fingerprint density at radius 3 is 3.00 bits per heavy atom. The fraction of sp³-hybridized carbons (Fsp3) is 0.333. The van der Waals surface area contributed by atoms with Crippen molar-refractivity contribution in [3.63, 3.8) is 0 Å². The summed E-state index contributed by atoms with van der Waals surface area (Å²) in [6.07, 6.45) is 1.01. The van der Waals surface area contributed by atoms with E-state index in [9.17, 15) is 9.90 Å². The number of hydrogen-bond donors (Lipinski definition) is 2. The molecule has 10 heteroatoms. The summed E-state index contributed by atoms with van der Waals surface area (Å²) in [6.45, 7) is 2.31. The molecule has 10 nitrogen and oxygen atoms in total. The van der Waals surface area contributed by atoms with E-state index in [2.05, 4.69) is 30.6 Å². The van der Waals surface area contributed by atoms with Gasteiger partial charge < -0.3 is 14.4 Å². The van der Waals surface area contributed by atoms with Crippen LogP contribution in [0.5, 0.6) is 0 Å². The predicted molar refractivity (Wildman–Crippen MR) is 98.8 cm³/mol. The number of tetrazole rings is 1. The first kappa shape index (κ1) is 16.6. The second kappa shape index (κ2) is 6.25. The zero-order chi connectivity index (χ0) is 19.3. The number of carboxylic acids is 1. The number of furan rings is 1. The minimum absolute atomic E-state index is 0.0633. The van der Waals surface area contributed by atoms with E-state index in [0.717, 1.165) is 5.39 Å². The maximum Gasteiger partial charge on any atom is 0.326 e. The molecule has 1 fully saturated rings. The first-order valence-electron chi connectivity index (χ1n) is 8.98. The fourth-order valence-electron chi connectivity index (χ4n) is 3.95. The molecule has 0 aliphatic carbocycles. The van der Waals surface area contributed by atoms with Crippen molar-refractivity contribution >= 4 is 33.9 Å². The number of carbonyl (C=O) groups is 1. The van der Waals surface area contributed by atoms with Gasteiger partial charge in [0.2, 0.25) is 0 Å². The van der Waals surface area contributed by atoms with E-state index in [1.54, 1.807) is 11.8 Å². The SMILES string of the molecule is Cc1nc(N2CC(Cc3nn[nH]n3)CC2C(=O)O)c2oc3ccccc3c2n1. The number of carboxylic acid groups (broad SMARTS) is 1. The monoisotopic (exact) mass is 379 g/mol. The number of para-hydroxylation sites is 1. The third-order valence-electron chi connectivity index (χ3n) is 5.12. The van der Waals surface area contributed by atoms with Gasteiger partial charge in [0, 0.05) is 18.4 Å². The highest BCUT2D eigenvalue weighted by molar-refractivity contribution is 6.06. The molecule has 0 saturated carbocycles. The fourth-order valence-corrected chi connectivity index (χ4v) is 3.95. The van der Waals surface area contributed by atoms with Gasteiger partial charge in [-0.1, -0.05) is 17.3 Å². The van der Waals surface area contributed by atoms with Crippen LogP contribution in [0.4, 0.5) is 5.82 Å². The molecular weight excluding hydrogens is 362 g/mol. The van der Waals surface area contributed by atoms with Gasteiger partial charge in [0.05, 0.1) is 0 Å². The molecule has 3 aromatic heterocycles. The molecule has 1 aliphatic heterocycles. The molecule has 0 spiro atoms. The lowest BCUT2D eigenvalue weighted by Crippen LogP contribution is -2.36. The Balaban J connectivity index is 1.60. The number of rotatable bonds is 4. The summed E-state index contributed by atoms with van der Waals surface area (Å²) in [5.74, 6) is 0.829. The van der Waals surface area contributed by atoms with Crippen molar-refractivity contribution < 1.29 is 14.3 Å². The molecule has 2 N–H and O–H groups in total. The Bertz CT molecular complexity index is 1170. The molecule has 0 radical (unpaired) electrons. The van der Waals surface area contributed by atoms with E-state index in [4.69, 9.17) is 4.42 Å². The summed E-state index contributed by atoms with van der Waals surface area (Å²) < 4.78 is 6.02. The quantitative estimate of drug-likeness (QED) is 0.543. The van der Waals surface area contributed by atoms with E-state index in [1.807, 2.05) is 24.3 Å². The number of benzene rings is 1. The van der Waals surface area contributed by atoms with Gasteiger partial charge in [-0.15, -0.1) is 10.2 Å². The Morgan fingerprint density at radius 2 is 2.21 bits per heavy atom. The van der Waals surface area contributed by atoms with E-state index in [0.29, 0.717) is 53.5 Å². The lowest BCUT2D eigenvalue weighted by Gasteiger charge is -2.22. The summed E-state index contributed by atoms with van der Waals surface area (Å²) in [7, 11) is 0. The highest BCUT2D eigenvalue weighted by atomic mass is 16.4. The van der Waals surface area contributed by atoms with Gasteiger partial charge in [-0.25, -0.2) is 14.8 Å². The summed E-state index contributed by atoms with van der Waals surface area (Å²) >= 11 is 0. The van der Waals surface area contributed by atoms with Crippen molar-refractivity contribution in [3.8, 4) is 0 Å². The van der Waals surface area contributed by atoms with Gasteiger partial charge in [-0.3, -0.25) is 0 Å². The molecule has 1 aromatic carbocycles. The number of H-pyrrole nitrogens is 1. The van der Waals surface area contributed by atoms with Crippen LogP contribution in [0.3, 0.4) is 0 Å². The second-order valence-electron chi connectivity index (χ2n) is 7.01. The molecule has 1 aliphatic rings. The van der Waals surface area contributed by atoms with Crippen LogP contribution in [-0.2, 0) is 11.2 Å². The third-order valence-corrected chi connectivity index (χ3v) is 5.12. The molecule has 0 bridgehead atoms. The van der Waals surface area contributed by atoms with Crippen molar-refractivity contribution in [1.29, 1.82) is 0 Å². The lowest BCUT2D eigenvalue weighted by molar-refractivity contribution is -0.138. The average molecular weight is 379 g/mol.